The van der Waals surface area contributed by atoms with E-state index in [2.05, 4.69) is 0 Å². The van der Waals surface area contributed by atoms with Crippen molar-refractivity contribution in [2.24, 2.45) is 0 Å². The summed E-state index contributed by atoms with van der Waals surface area (Å²) in [5.41, 5.74) is 6.93. The van der Waals surface area contributed by atoms with Crippen LogP contribution in [0.4, 0.5) is 5.69 Å². The zero-order valence-corrected chi connectivity index (χ0v) is 12.9. The predicted molar refractivity (Wildman–Crippen MR) is 79.2 cm³/mol. The average Bonchev–Trinajstić information content (AvgIpc) is 2.42. The largest absolute Gasteiger partial charge is 0.398 e. The summed E-state index contributed by atoms with van der Waals surface area (Å²) in [4.78, 5) is 0.0163. The summed E-state index contributed by atoms with van der Waals surface area (Å²) in [6.45, 7) is 1.99. The van der Waals surface area contributed by atoms with Crippen LogP contribution in [0.3, 0.4) is 0 Å². The van der Waals surface area contributed by atoms with Gasteiger partial charge in [0.2, 0.25) is 10.0 Å². The molecule has 0 aromatic heterocycles. The molecule has 0 bridgehead atoms. The topological polar surface area (TPSA) is 83.6 Å². The van der Waals surface area contributed by atoms with E-state index in [9.17, 15) is 13.5 Å². The number of benzene rings is 1. The number of piperidine rings is 1. The number of hydrogen-bond acceptors (Lipinski definition) is 4. The molecule has 2 rings (SSSR count). The molecule has 5 nitrogen and oxygen atoms in total. The second-order valence-electron chi connectivity index (χ2n) is 5.09. The molecule has 7 heteroatoms. The Morgan fingerprint density at radius 1 is 1.45 bits per heavy atom. The van der Waals surface area contributed by atoms with E-state index in [1.54, 1.807) is 13.0 Å². The van der Waals surface area contributed by atoms with Gasteiger partial charge in [-0.1, -0.05) is 18.0 Å². The number of nitrogens with two attached hydrogens (primary N) is 1. The van der Waals surface area contributed by atoms with Gasteiger partial charge in [-0.15, -0.1) is 0 Å². The monoisotopic (exact) mass is 318 g/mol. The Labute approximate surface area is 124 Å². The summed E-state index contributed by atoms with van der Waals surface area (Å²) < 4.78 is 26.8. The van der Waals surface area contributed by atoms with Crippen LogP contribution >= 0.6 is 11.6 Å². The molecule has 1 unspecified atom stereocenters. The van der Waals surface area contributed by atoms with E-state index in [0.29, 0.717) is 18.7 Å². The summed E-state index contributed by atoms with van der Waals surface area (Å²) in [5, 5.41) is 9.54. The first-order chi connectivity index (χ1) is 9.37. The Morgan fingerprint density at radius 2 is 2.15 bits per heavy atom. The highest BCUT2D eigenvalue weighted by Gasteiger charge is 2.34. The van der Waals surface area contributed by atoms with E-state index < -0.39 is 10.0 Å². The number of sulfonamides is 1. The van der Waals surface area contributed by atoms with Crippen LogP contribution in [0.5, 0.6) is 0 Å². The van der Waals surface area contributed by atoms with E-state index in [1.807, 2.05) is 0 Å². The molecule has 1 aromatic rings. The zero-order chi connectivity index (χ0) is 14.9. The molecule has 0 aliphatic carbocycles. The van der Waals surface area contributed by atoms with Gasteiger partial charge >= 0.3 is 0 Å². The van der Waals surface area contributed by atoms with Gasteiger partial charge < -0.3 is 10.8 Å². The Balaban J connectivity index is 2.46. The van der Waals surface area contributed by atoms with Crippen LogP contribution in [0.25, 0.3) is 0 Å². The molecule has 1 aromatic carbocycles. The lowest BCUT2D eigenvalue weighted by atomic mass is 10.1. The number of nitrogen functional groups attached to an aromatic ring is 1. The highest BCUT2D eigenvalue weighted by atomic mass is 35.5. The summed E-state index contributed by atoms with van der Waals surface area (Å²) in [6, 6.07) is 2.57. The summed E-state index contributed by atoms with van der Waals surface area (Å²) in [5.74, 6) is 0. The van der Waals surface area contributed by atoms with Crippen molar-refractivity contribution in [1.82, 2.24) is 4.31 Å². The number of aliphatic hydroxyl groups excluding tert-OH is 1. The van der Waals surface area contributed by atoms with Crippen LogP contribution in [0.2, 0.25) is 5.02 Å². The lowest BCUT2D eigenvalue weighted by Crippen LogP contribution is -2.45. The molecule has 1 aliphatic rings. The van der Waals surface area contributed by atoms with Gasteiger partial charge in [-0.05, 0) is 37.5 Å². The molecule has 0 amide bonds. The first-order valence-electron chi connectivity index (χ1n) is 6.56. The van der Waals surface area contributed by atoms with E-state index >= 15 is 0 Å². The van der Waals surface area contributed by atoms with Gasteiger partial charge in [-0.25, -0.2) is 8.42 Å². The Kier molecular flexibility index (Phi) is 4.59. The van der Waals surface area contributed by atoms with Crippen LogP contribution in [0, 0.1) is 6.92 Å². The molecule has 20 heavy (non-hydrogen) atoms. The maximum absolute atomic E-state index is 12.7. The normalized spacial score (nSPS) is 21.1. The van der Waals surface area contributed by atoms with E-state index in [1.165, 1.54) is 10.4 Å². The number of nitrogens with zero attached hydrogens (tertiary/aromatic N) is 1. The van der Waals surface area contributed by atoms with Crippen molar-refractivity contribution < 1.29 is 13.5 Å². The van der Waals surface area contributed by atoms with Crippen LogP contribution in [0.1, 0.15) is 24.8 Å². The zero-order valence-electron chi connectivity index (χ0n) is 11.3. The van der Waals surface area contributed by atoms with Gasteiger partial charge in [0.1, 0.15) is 4.90 Å². The molecule has 3 N–H and O–H groups in total. The van der Waals surface area contributed by atoms with Crippen molar-refractivity contribution in [3.8, 4) is 0 Å². The summed E-state index contributed by atoms with van der Waals surface area (Å²) in [7, 11) is -3.73. The second kappa shape index (κ2) is 5.89. The van der Waals surface area contributed by atoms with Gasteiger partial charge in [0.05, 0.1) is 11.6 Å². The minimum atomic E-state index is -3.73. The van der Waals surface area contributed by atoms with Gasteiger partial charge in [0.25, 0.3) is 0 Å². The van der Waals surface area contributed by atoms with Crippen LogP contribution in [0.15, 0.2) is 17.0 Å². The standard InChI is InChI=1S/C13H19ClN2O3S/c1-9-6-11(14)13(7-12(9)15)20(18,19)16-5-3-2-4-10(16)8-17/h6-7,10,17H,2-5,8,15H2,1H3. The van der Waals surface area contributed by atoms with Gasteiger partial charge in [-0.3, -0.25) is 0 Å². The SMILES string of the molecule is Cc1cc(Cl)c(S(=O)(=O)N2CCCCC2CO)cc1N. The molecule has 1 heterocycles. The number of aliphatic hydroxyl groups is 1. The highest BCUT2D eigenvalue weighted by Crippen LogP contribution is 2.32. The lowest BCUT2D eigenvalue weighted by molar-refractivity contribution is 0.155. The fraction of sp³-hybridized carbons (Fsp3) is 0.538. The summed E-state index contributed by atoms with van der Waals surface area (Å²) >= 11 is 6.07. The molecule has 0 spiro atoms. The third-order valence-corrected chi connectivity index (χ3v) is 6.11. The fourth-order valence-corrected chi connectivity index (χ4v) is 4.74. The Morgan fingerprint density at radius 3 is 2.80 bits per heavy atom. The molecule has 112 valence electrons. The van der Waals surface area contributed by atoms with Gasteiger partial charge in [0.15, 0.2) is 0 Å². The molecule has 1 saturated heterocycles. The maximum Gasteiger partial charge on any atom is 0.244 e. The molecule has 1 atom stereocenters. The number of halogens is 1. The van der Waals surface area contributed by atoms with Crippen molar-refractivity contribution >= 4 is 27.3 Å². The van der Waals surface area contributed by atoms with Crippen molar-refractivity contribution in [3.05, 3.63) is 22.7 Å². The molecule has 0 saturated carbocycles. The Bertz CT molecular complexity index is 604. The van der Waals surface area contributed by atoms with Gasteiger partial charge in [-0.2, -0.15) is 4.31 Å². The van der Waals surface area contributed by atoms with Crippen LogP contribution in [-0.2, 0) is 10.0 Å². The number of aryl methyl sites for hydroxylation is 1. The van der Waals surface area contributed by atoms with Crippen molar-refractivity contribution in [2.45, 2.75) is 37.1 Å². The predicted octanol–water partition coefficient (Wildman–Crippen LogP) is 1.77. The lowest BCUT2D eigenvalue weighted by Gasteiger charge is -2.33. The van der Waals surface area contributed by atoms with E-state index in [4.69, 9.17) is 17.3 Å². The number of rotatable bonds is 3. The van der Waals surface area contributed by atoms with E-state index in [0.717, 1.165) is 18.4 Å². The molecular formula is C13H19ClN2O3S. The quantitative estimate of drug-likeness (QED) is 0.832. The minimum absolute atomic E-state index is 0.0163. The second-order valence-corrected chi connectivity index (χ2v) is 7.35. The average molecular weight is 319 g/mol. The summed E-state index contributed by atoms with van der Waals surface area (Å²) in [6.07, 6.45) is 2.37. The van der Waals surface area contributed by atoms with Crippen molar-refractivity contribution in [1.29, 1.82) is 0 Å². The maximum atomic E-state index is 12.7. The molecule has 1 aliphatic heterocycles. The highest BCUT2D eigenvalue weighted by molar-refractivity contribution is 7.89. The smallest absolute Gasteiger partial charge is 0.244 e. The number of anilines is 1. The van der Waals surface area contributed by atoms with Crippen LogP contribution < -0.4 is 5.73 Å². The third kappa shape index (κ3) is 2.79. The minimum Gasteiger partial charge on any atom is -0.398 e. The molecule has 0 radical (unpaired) electrons. The number of hydrogen-bond donors (Lipinski definition) is 2. The fourth-order valence-electron chi connectivity index (χ4n) is 2.47. The Hall–Kier alpha value is -0.820. The van der Waals surface area contributed by atoms with Gasteiger partial charge in [0, 0.05) is 18.3 Å². The molecule has 1 fully saturated rings. The van der Waals surface area contributed by atoms with Crippen molar-refractivity contribution in [3.63, 3.8) is 0 Å². The van der Waals surface area contributed by atoms with E-state index in [-0.39, 0.29) is 22.6 Å². The van der Waals surface area contributed by atoms with Crippen LogP contribution in [-0.4, -0.2) is 37.0 Å². The third-order valence-electron chi connectivity index (χ3n) is 3.69. The first kappa shape index (κ1) is 15.6. The van der Waals surface area contributed by atoms with Crippen molar-refractivity contribution in [2.75, 3.05) is 18.9 Å². The molecular weight excluding hydrogens is 300 g/mol. The first-order valence-corrected chi connectivity index (χ1v) is 8.38.